The minimum Gasteiger partial charge on any atom is -0.348 e. The van der Waals surface area contributed by atoms with E-state index in [9.17, 15) is 0 Å². The molecule has 1 N–H and O–H groups in total. The first-order valence-corrected chi connectivity index (χ1v) is 9.82. The number of aromatic nitrogens is 3. The van der Waals surface area contributed by atoms with Gasteiger partial charge in [-0.25, -0.2) is 4.98 Å². The first-order valence-electron chi connectivity index (χ1n) is 8.94. The highest BCUT2D eigenvalue weighted by molar-refractivity contribution is 7.10. The zero-order valence-corrected chi connectivity index (χ0v) is 15.5. The number of H-pyrrole nitrogens is 1. The second-order valence-electron chi connectivity index (χ2n) is 6.83. The number of thiophene rings is 1. The monoisotopic (exact) mass is 360 g/mol. The molecule has 4 aromatic rings. The van der Waals surface area contributed by atoms with Crippen molar-refractivity contribution in [2.45, 2.75) is 25.9 Å². The summed E-state index contributed by atoms with van der Waals surface area (Å²) in [5.74, 6) is 0. The summed E-state index contributed by atoms with van der Waals surface area (Å²) in [5.41, 5.74) is 6.12. The van der Waals surface area contributed by atoms with Crippen LogP contribution < -0.4 is 0 Å². The molecule has 1 aliphatic heterocycles. The fraction of sp³-hybridized carbons (Fsp3) is 0.238. The molecule has 3 aromatic heterocycles. The molecule has 0 aliphatic carbocycles. The van der Waals surface area contributed by atoms with Gasteiger partial charge in [0.2, 0.25) is 0 Å². The van der Waals surface area contributed by atoms with Crippen LogP contribution in [0.15, 0.2) is 54.3 Å². The van der Waals surface area contributed by atoms with E-state index in [-0.39, 0.29) is 6.04 Å². The molecule has 0 unspecified atom stereocenters. The first kappa shape index (κ1) is 15.7. The number of aromatic amines is 1. The standard InChI is InChI=1S/C21H20N4S/c1-14-8-11-26-19(14)12-25-10-7-18-20(24-13-23-18)21(25)16-4-2-6-17-15(16)5-3-9-22-17/h2-6,8-9,11,13,21H,7,10,12H2,1H3,(H,23,24)/t21-/m0/s1. The number of benzene rings is 1. The minimum atomic E-state index is 0.152. The average Bonchev–Trinajstić information content (AvgIpc) is 3.30. The Bertz CT molecular complexity index is 1060. The maximum atomic E-state index is 4.71. The number of aryl methyl sites for hydroxylation is 1. The fourth-order valence-electron chi connectivity index (χ4n) is 3.96. The number of rotatable bonds is 3. The molecule has 4 heterocycles. The lowest BCUT2D eigenvalue weighted by Gasteiger charge is -2.35. The van der Waals surface area contributed by atoms with Crippen molar-refractivity contribution < 1.29 is 0 Å². The topological polar surface area (TPSA) is 44.8 Å². The molecule has 5 rings (SSSR count). The maximum absolute atomic E-state index is 4.71. The highest BCUT2D eigenvalue weighted by atomic mass is 32.1. The molecule has 130 valence electrons. The Morgan fingerprint density at radius 2 is 2.15 bits per heavy atom. The van der Waals surface area contributed by atoms with Crippen LogP contribution in [-0.2, 0) is 13.0 Å². The van der Waals surface area contributed by atoms with Gasteiger partial charge in [0.05, 0.1) is 23.6 Å². The Morgan fingerprint density at radius 1 is 1.19 bits per heavy atom. The molecule has 0 spiro atoms. The highest BCUT2D eigenvalue weighted by Crippen LogP contribution is 2.38. The lowest BCUT2D eigenvalue weighted by molar-refractivity contribution is 0.203. The zero-order chi connectivity index (χ0) is 17.5. The van der Waals surface area contributed by atoms with Crippen LogP contribution in [0, 0.1) is 6.92 Å². The van der Waals surface area contributed by atoms with Gasteiger partial charge in [0.25, 0.3) is 0 Å². The Kier molecular flexibility index (Phi) is 3.84. The Balaban J connectivity index is 1.65. The third-order valence-electron chi connectivity index (χ3n) is 5.31. The van der Waals surface area contributed by atoms with Gasteiger partial charge >= 0.3 is 0 Å². The van der Waals surface area contributed by atoms with Crippen LogP contribution in [0.3, 0.4) is 0 Å². The van der Waals surface area contributed by atoms with Crippen molar-refractivity contribution in [1.29, 1.82) is 0 Å². The summed E-state index contributed by atoms with van der Waals surface area (Å²) in [4.78, 5) is 16.6. The Labute approximate surface area is 156 Å². The predicted octanol–water partition coefficient (Wildman–Crippen LogP) is 4.48. The van der Waals surface area contributed by atoms with E-state index in [0.29, 0.717) is 0 Å². The number of nitrogens with zero attached hydrogens (tertiary/aromatic N) is 3. The normalized spacial score (nSPS) is 17.5. The summed E-state index contributed by atoms with van der Waals surface area (Å²) < 4.78 is 0. The van der Waals surface area contributed by atoms with Crippen molar-refractivity contribution in [3.05, 3.63) is 81.7 Å². The molecule has 0 bridgehead atoms. The third-order valence-corrected chi connectivity index (χ3v) is 6.32. The molecule has 1 aliphatic rings. The van der Waals surface area contributed by atoms with Gasteiger partial charge in [-0.1, -0.05) is 18.2 Å². The smallest absolute Gasteiger partial charge is 0.0926 e. The molecule has 0 saturated carbocycles. The van der Waals surface area contributed by atoms with Gasteiger partial charge in [-0.2, -0.15) is 0 Å². The van der Waals surface area contributed by atoms with Crippen LogP contribution in [0.1, 0.15) is 33.4 Å². The molecular formula is C21H20N4S. The number of fused-ring (bicyclic) bond motifs is 2. The minimum absolute atomic E-state index is 0.152. The van der Waals surface area contributed by atoms with E-state index in [1.165, 1.54) is 27.1 Å². The van der Waals surface area contributed by atoms with E-state index in [0.717, 1.165) is 30.7 Å². The zero-order valence-electron chi connectivity index (χ0n) is 14.6. The van der Waals surface area contributed by atoms with Crippen LogP contribution in [0.5, 0.6) is 0 Å². The molecule has 26 heavy (non-hydrogen) atoms. The lowest BCUT2D eigenvalue weighted by Crippen LogP contribution is -2.35. The Morgan fingerprint density at radius 3 is 3.04 bits per heavy atom. The lowest BCUT2D eigenvalue weighted by atomic mass is 9.92. The second kappa shape index (κ2) is 6.34. The van der Waals surface area contributed by atoms with Crippen LogP contribution >= 0.6 is 11.3 Å². The van der Waals surface area contributed by atoms with Gasteiger partial charge in [0, 0.05) is 41.7 Å². The van der Waals surface area contributed by atoms with Gasteiger partial charge in [-0.3, -0.25) is 9.88 Å². The first-order chi connectivity index (χ1) is 12.8. The molecule has 1 aromatic carbocycles. The van der Waals surface area contributed by atoms with Crippen LogP contribution in [0.2, 0.25) is 0 Å². The molecule has 0 saturated heterocycles. The summed E-state index contributed by atoms with van der Waals surface area (Å²) in [6, 6.07) is 13.0. The summed E-state index contributed by atoms with van der Waals surface area (Å²) in [6.07, 6.45) is 4.71. The predicted molar refractivity (Wildman–Crippen MR) is 105 cm³/mol. The van der Waals surface area contributed by atoms with Crippen molar-refractivity contribution in [2.75, 3.05) is 6.54 Å². The van der Waals surface area contributed by atoms with E-state index < -0.39 is 0 Å². The molecule has 4 nitrogen and oxygen atoms in total. The van der Waals surface area contributed by atoms with Crippen molar-refractivity contribution >= 4 is 22.2 Å². The SMILES string of the molecule is Cc1ccsc1CN1CCc2[nH]cnc2[C@@H]1c1cccc2ncccc12. The largest absolute Gasteiger partial charge is 0.348 e. The van der Waals surface area contributed by atoms with Crippen molar-refractivity contribution in [3.8, 4) is 0 Å². The van der Waals surface area contributed by atoms with Gasteiger partial charge in [0.1, 0.15) is 0 Å². The van der Waals surface area contributed by atoms with Crippen LogP contribution in [0.4, 0.5) is 0 Å². The van der Waals surface area contributed by atoms with Crippen molar-refractivity contribution in [2.24, 2.45) is 0 Å². The Hall–Kier alpha value is -2.50. The van der Waals surface area contributed by atoms with E-state index in [1.54, 1.807) is 0 Å². The van der Waals surface area contributed by atoms with Gasteiger partial charge < -0.3 is 4.98 Å². The highest BCUT2D eigenvalue weighted by Gasteiger charge is 2.32. The van der Waals surface area contributed by atoms with Gasteiger partial charge in [-0.15, -0.1) is 11.3 Å². The van der Waals surface area contributed by atoms with Gasteiger partial charge in [0.15, 0.2) is 0 Å². The number of nitrogens with one attached hydrogen (secondary N) is 1. The van der Waals surface area contributed by atoms with Crippen LogP contribution in [-0.4, -0.2) is 26.4 Å². The molecular weight excluding hydrogens is 340 g/mol. The third kappa shape index (κ3) is 2.55. The molecule has 0 radical (unpaired) electrons. The van der Waals surface area contributed by atoms with E-state index in [2.05, 4.69) is 57.5 Å². The van der Waals surface area contributed by atoms with Crippen LogP contribution in [0.25, 0.3) is 10.9 Å². The van der Waals surface area contributed by atoms with Gasteiger partial charge in [-0.05, 0) is 41.6 Å². The summed E-state index contributed by atoms with van der Waals surface area (Å²) in [5, 5.41) is 3.40. The van der Waals surface area contributed by atoms with E-state index in [1.807, 2.05) is 29.9 Å². The summed E-state index contributed by atoms with van der Waals surface area (Å²) in [7, 11) is 0. The number of hydrogen-bond acceptors (Lipinski definition) is 4. The van der Waals surface area contributed by atoms with E-state index in [4.69, 9.17) is 4.98 Å². The summed E-state index contributed by atoms with van der Waals surface area (Å²) in [6.45, 7) is 4.18. The van der Waals surface area contributed by atoms with Crippen molar-refractivity contribution in [3.63, 3.8) is 0 Å². The summed E-state index contributed by atoms with van der Waals surface area (Å²) >= 11 is 1.85. The fourth-order valence-corrected chi connectivity index (χ4v) is 4.89. The average molecular weight is 360 g/mol. The van der Waals surface area contributed by atoms with E-state index >= 15 is 0 Å². The molecule has 0 fully saturated rings. The molecule has 5 heteroatoms. The number of pyridine rings is 1. The number of hydrogen-bond donors (Lipinski definition) is 1. The second-order valence-corrected chi connectivity index (χ2v) is 7.83. The quantitative estimate of drug-likeness (QED) is 0.586. The maximum Gasteiger partial charge on any atom is 0.0926 e. The molecule has 0 amide bonds. The number of imidazole rings is 1. The van der Waals surface area contributed by atoms with Crippen molar-refractivity contribution in [1.82, 2.24) is 19.9 Å². The molecule has 1 atom stereocenters.